The lowest BCUT2D eigenvalue weighted by Crippen LogP contribution is -2.14. The molecular formula is C11H18N2S. The van der Waals surface area contributed by atoms with Gasteiger partial charge in [-0.15, -0.1) is 11.8 Å². The zero-order chi connectivity index (χ0) is 10.4. The number of nitrogens with two attached hydrogens (primary N) is 1. The Kier molecular flexibility index (Phi) is 5.01. The Labute approximate surface area is 90.5 Å². The molecule has 0 aliphatic carbocycles. The fraction of sp³-hybridized carbons (Fsp3) is 0.455. The first kappa shape index (κ1) is 11.6. The van der Waals surface area contributed by atoms with E-state index >= 15 is 0 Å². The Morgan fingerprint density at radius 3 is 2.79 bits per heavy atom. The highest BCUT2D eigenvalue weighted by Gasteiger charge is 1.96. The minimum absolute atomic E-state index is 0.627. The minimum Gasteiger partial charge on any atom is -0.326 e. The molecule has 1 aromatic rings. The molecule has 0 radical (unpaired) electrons. The van der Waals surface area contributed by atoms with Crippen molar-refractivity contribution in [2.24, 2.45) is 5.73 Å². The van der Waals surface area contributed by atoms with E-state index in [0.717, 1.165) is 12.3 Å². The fourth-order valence-electron chi connectivity index (χ4n) is 1.11. The highest BCUT2D eigenvalue weighted by molar-refractivity contribution is 7.99. The molecule has 14 heavy (non-hydrogen) atoms. The van der Waals surface area contributed by atoms with Gasteiger partial charge in [-0.05, 0) is 31.8 Å². The minimum atomic E-state index is 0.627. The summed E-state index contributed by atoms with van der Waals surface area (Å²) in [4.78, 5) is 3.51. The summed E-state index contributed by atoms with van der Waals surface area (Å²) in [7, 11) is 4.19. The van der Waals surface area contributed by atoms with E-state index in [0.29, 0.717) is 6.54 Å². The molecule has 0 aromatic heterocycles. The average Bonchev–Trinajstić information content (AvgIpc) is 2.18. The first-order valence-corrected chi connectivity index (χ1v) is 5.77. The maximum Gasteiger partial charge on any atom is 0.0178 e. The smallest absolute Gasteiger partial charge is 0.0178 e. The van der Waals surface area contributed by atoms with Crippen LogP contribution in [0.15, 0.2) is 29.2 Å². The van der Waals surface area contributed by atoms with Crippen LogP contribution in [0.4, 0.5) is 0 Å². The van der Waals surface area contributed by atoms with E-state index in [1.807, 2.05) is 11.8 Å². The van der Waals surface area contributed by atoms with Crippen molar-refractivity contribution in [3.05, 3.63) is 29.8 Å². The number of hydrogen-bond donors (Lipinski definition) is 1. The molecule has 0 unspecified atom stereocenters. The normalized spacial score (nSPS) is 10.9. The number of thioether (sulfide) groups is 1. The summed E-state index contributed by atoms with van der Waals surface area (Å²) in [5, 5.41) is 0. The lowest BCUT2D eigenvalue weighted by Gasteiger charge is -2.09. The van der Waals surface area contributed by atoms with Crippen LogP contribution in [0.1, 0.15) is 5.56 Å². The van der Waals surface area contributed by atoms with Crippen molar-refractivity contribution in [3.63, 3.8) is 0 Å². The van der Waals surface area contributed by atoms with Crippen LogP contribution in [-0.2, 0) is 6.54 Å². The summed E-state index contributed by atoms with van der Waals surface area (Å²) in [6, 6.07) is 8.44. The van der Waals surface area contributed by atoms with E-state index in [4.69, 9.17) is 5.73 Å². The molecule has 0 atom stereocenters. The molecule has 0 saturated carbocycles. The van der Waals surface area contributed by atoms with E-state index in [2.05, 4.69) is 43.3 Å². The van der Waals surface area contributed by atoms with Crippen molar-refractivity contribution in [1.29, 1.82) is 0 Å². The van der Waals surface area contributed by atoms with Crippen molar-refractivity contribution >= 4 is 11.8 Å². The molecule has 3 heteroatoms. The van der Waals surface area contributed by atoms with Gasteiger partial charge >= 0.3 is 0 Å². The van der Waals surface area contributed by atoms with Gasteiger partial charge in [0.05, 0.1) is 0 Å². The van der Waals surface area contributed by atoms with Gasteiger partial charge in [-0.25, -0.2) is 0 Å². The number of hydrogen-bond acceptors (Lipinski definition) is 3. The Hall–Kier alpha value is -0.510. The predicted octanol–water partition coefficient (Wildman–Crippen LogP) is 1.80. The summed E-state index contributed by atoms with van der Waals surface area (Å²) < 4.78 is 0. The second-order valence-corrected chi connectivity index (χ2v) is 4.67. The molecule has 2 nitrogen and oxygen atoms in total. The van der Waals surface area contributed by atoms with E-state index in [-0.39, 0.29) is 0 Å². The van der Waals surface area contributed by atoms with Crippen LogP contribution in [0.2, 0.25) is 0 Å². The summed E-state index contributed by atoms with van der Waals surface area (Å²) in [6.07, 6.45) is 0. The van der Waals surface area contributed by atoms with Crippen LogP contribution in [0, 0.1) is 0 Å². The third-order valence-electron chi connectivity index (χ3n) is 1.94. The summed E-state index contributed by atoms with van der Waals surface area (Å²) in [6.45, 7) is 1.74. The van der Waals surface area contributed by atoms with Gasteiger partial charge in [-0.2, -0.15) is 0 Å². The van der Waals surface area contributed by atoms with Gasteiger partial charge in [0.15, 0.2) is 0 Å². The molecule has 0 heterocycles. The molecule has 1 rings (SSSR count). The van der Waals surface area contributed by atoms with Crippen LogP contribution in [0.5, 0.6) is 0 Å². The number of rotatable bonds is 5. The van der Waals surface area contributed by atoms with Gasteiger partial charge < -0.3 is 10.6 Å². The van der Waals surface area contributed by atoms with E-state index < -0.39 is 0 Å². The van der Waals surface area contributed by atoms with Gasteiger partial charge in [0.1, 0.15) is 0 Å². The molecule has 0 fully saturated rings. The molecular weight excluding hydrogens is 192 g/mol. The Morgan fingerprint density at radius 1 is 1.36 bits per heavy atom. The molecule has 0 aliphatic rings. The van der Waals surface area contributed by atoms with Gasteiger partial charge in [-0.3, -0.25) is 0 Å². The lowest BCUT2D eigenvalue weighted by atomic mass is 10.2. The Bertz CT molecular complexity index is 274. The summed E-state index contributed by atoms with van der Waals surface area (Å²) >= 11 is 1.88. The fourth-order valence-corrected chi connectivity index (χ4v) is 2.21. The van der Waals surface area contributed by atoms with Crippen molar-refractivity contribution < 1.29 is 0 Å². The van der Waals surface area contributed by atoms with Crippen molar-refractivity contribution in [2.75, 3.05) is 26.4 Å². The third-order valence-corrected chi connectivity index (χ3v) is 2.92. The average molecular weight is 210 g/mol. The van der Waals surface area contributed by atoms with E-state index in [9.17, 15) is 0 Å². The Morgan fingerprint density at radius 2 is 2.14 bits per heavy atom. The van der Waals surface area contributed by atoms with Crippen LogP contribution >= 0.6 is 11.8 Å². The topological polar surface area (TPSA) is 29.3 Å². The summed E-state index contributed by atoms with van der Waals surface area (Å²) in [5.74, 6) is 1.13. The van der Waals surface area contributed by atoms with Crippen LogP contribution in [-0.4, -0.2) is 31.3 Å². The van der Waals surface area contributed by atoms with Crippen molar-refractivity contribution in [1.82, 2.24) is 4.90 Å². The zero-order valence-corrected chi connectivity index (χ0v) is 9.68. The molecule has 0 spiro atoms. The second kappa shape index (κ2) is 6.06. The van der Waals surface area contributed by atoms with Crippen molar-refractivity contribution in [2.45, 2.75) is 11.4 Å². The monoisotopic (exact) mass is 210 g/mol. The molecule has 1 aromatic carbocycles. The number of benzene rings is 1. The summed E-state index contributed by atoms with van der Waals surface area (Å²) in [5.41, 5.74) is 6.79. The molecule has 0 amide bonds. The van der Waals surface area contributed by atoms with Crippen LogP contribution in [0.25, 0.3) is 0 Å². The largest absolute Gasteiger partial charge is 0.326 e. The quantitative estimate of drug-likeness (QED) is 0.751. The van der Waals surface area contributed by atoms with Gasteiger partial charge in [0.2, 0.25) is 0 Å². The molecule has 0 bridgehead atoms. The molecule has 2 N–H and O–H groups in total. The molecule has 78 valence electrons. The van der Waals surface area contributed by atoms with E-state index in [1.54, 1.807) is 0 Å². The predicted molar refractivity (Wildman–Crippen MR) is 63.6 cm³/mol. The van der Waals surface area contributed by atoms with Crippen LogP contribution < -0.4 is 5.73 Å². The molecule has 0 saturated heterocycles. The zero-order valence-electron chi connectivity index (χ0n) is 8.86. The maximum atomic E-state index is 5.58. The lowest BCUT2D eigenvalue weighted by molar-refractivity contribution is 0.437. The first-order valence-electron chi connectivity index (χ1n) is 4.79. The Balaban J connectivity index is 2.42. The van der Waals surface area contributed by atoms with Crippen LogP contribution in [0.3, 0.4) is 0 Å². The standard InChI is InChI=1S/C11H18N2S/c1-13(2)6-7-14-11-5-3-4-10(8-11)9-12/h3-5,8H,6-7,9,12H2,1-2H3. The highest BCUT2D eigenvalue weighted by Crippen LogP contribution is 2.18. The van der Waals surface area contributed by atoms with Gasteiger partial charge in [0, 0.05) is 23.7 Å². The highest BCUT2D eigenvalue weighted by atomic mass is 32.2. The first-order chi connectivity index (χ1) is 6.72. The molecule has 0 aliphatic heterocycles. The third kappa shape index (κ3) is 4.13. The van der Waals surface area contributed by atoms with Crippen molar-refractivity contribution in [3.8, 4) is 0 Å². The number of nitrogens with zero attached hydrogens (tertiary/aromatic N) is 1. The van der Waals surface area contributed by atoms with Gasteiger partial charge in [0.25, 0.3) is 0 Å². The van der Waals surface area contributed by atoms with Gasteiger partial charge in [-0.1, -0.05) is 12.1 Å². The second-order valence-electron chi connectivity index (χ2n) is 3.50. The SMILES string of the molecule is CN(C)CCSc1cccc(CN)c1. The van der Waals surface area contributed by atoms with E-state index in [1.165, 1.54) is 10.5 Å². The maximum absolute atomic E-state index is 5.58.